The second kappa shape index (κ2) is 8.76. The average Bonchev–Trinajstić information content (AvgIpc) is 2.73. The number of nitrogens with zero attached hydrogens (tertiary/aromatic N) is 1. The standard InChI is InChI=1S/C23H24Cl2N2O2/c24-17-9-12-19(20(25)14-17)22(28)26-18-10-7-16(8-11-18)23(29)27-13-3-5-15-4-1-2-6-21(15)27/h7-12,14-15,21H,1-6,13H2,(H,26,28)/t15-,21+/m1/s1. The van der Waals surface area contributed by atoms with E-state index in [0.717, 1.165) is 19.4 Å². The number of benzene rings is 2. The fourth-order valence-corrected chi connectivity index (χ4v) is 5.11. The maximum atomic E-state index is 13.1. The van der Waals surface area contributed by atoms with Crippen LogP contribution in [0.4, 0.5) is 5.69 Å². The van der Waals surface area contributed by atoms with Crippen LogP contribution in [0.5, 0.6) is 0 Å². The van der Waals surface area contributed by atoms with Gasteiger partial charge in [-0.05, 0) is 74.1 Å². The first kappa shape index (κ1) is 20.2. The molecule has 2 atom stereocenters. The van der Waals surface area contributed by atoms with Crippen molar-refractivity contribution >= 4 is 40.7 Å². The smallest absolute Gasteiger partial charge is 0.257 e. The summed E-state index contributed by atoms with van der Waals surface area (Å²) in [4.78, 5) is 27.6. The van der Waals surface area contributed by atoms with E-state index in [1.165, 1.54) is 31.7 Å². The number of carbonyl (C=O) groups is 2. The third kappa shape index (κ3) is 4.44. The second-order valence-corrected chi connectivity index (χ2v) is 8.75. The zero-order valence-corrected chi connectivity index (χ0v) is 17.7. The van der Waals surface area contributed by atoms with Crippen LogP contribution < -0.4 is 5.32 Å². The minimum Gasteiger partial charge on any atom is -0.335 e. The van der Waals surface area contributed by atoms with Crippen molar-refractivity contribution in [3.05, 3.63) is 63.6 Å². The summed E-state index contributed by atoms with van der Waals surface area (Å²) in [7, 11) is 0. The Kier molecular flexibility index (Phi) is 6.12. The van der Waals surface area contributed by atoms with Gasteiger partial charge in [0.2, 0.25) is 0 Å². The molecule has 1 N–H and O–H groups in total. The van der Waals surface area contributed by atoms with Gasteiger partial charge in [-0.2, -0.15) is 0 Å². The molecule has 2 fully saturated rings. The molecule has 0 spiro atoms. The van der Waals surface area contributed by atoms with E-state index in [1.807, 2.05) is 0 Å². The van der Waals surface area contributed by atoms with E-state index >= 15 is 0 Å². The number of fused-ring (bicyclic) bond motifs is 1. The summed E-state index contributed by atoms with van der Waals surface area (Å²) in [5.41, 5.74) is 1.64. The predicted octanol–water partition coefficient (Wildman–Crippen LogP) is 6.04. The molecule has 0 aromatic heterocycles. The Morgan fingerprint density at radius 1 is 0.931 bits per heavy atom. The number of nitrogens with one attached hydrogen (secondary N) is 1. The van der Waals surface area contributed by atoms with Crippen LogP contribution in [0.3, 0.4) is 0 Å². The predicted molar refractivity (Wildman–Crippen MR) is 117 cm³/mol. The van der Waals surface area contributed by atoms with Crippen LogP contribution in [0.2, 0.25) is 10.0 Å². The van der Waals surface area contributed by atoms with Crippen molar-refractivity contribution in [1.29, 1.82) is 0 Å². The maximum absolute atomic E-state index is 13.1. The van der Waals surface area contributed by atoms with Crippen LogP contribution in [0, 0.1) is 5.92 Å². The molecule has 152 valence electrons. The van der Waals surface area contributed by atoms with E-state index < -0.39 is 0 Å². The third-order valence-corrected chi connectivity index (χ3v) is 6.62. The molecular weight excluding hydrogens is 407 g/mol. The number of amides is 2. The van der Waals surface area contributed by atoms with Gasteiger partial charge < -0.3 is 10.2 Å². The first-order chi connectivity index (χ1) is 14.0. The van der Waals surface area contributed by atoms with Gasteiger partial charge in [0, 0.05) is 28.9 Å². The highest BCUT2D eigenvalue weighted by atomic mass is 35.5. The van der Waals surface area contributed by atoms with E-state index in [-0.39, 0.29) is 11.8 Å². The number of hydrogen-bond donors (Lipinski definition) is 1. The van der Waals surface area contributed by atoms with Crippen LogP contribution in [0.25, 0.3) is 0 Å². The van der Waals surface area contributed by atoms with Crippen LogP contribution >= 0.6 is 23.2 Å². The Morgan fingerprint density at radius 3 is 2.41 bits per heavy atom. The maximum Gasteiger partial charge on any atom is 0.257 e. The minimum atomic E-state index is -0.313. The zero-order valence-electron chi connectivity index (χ0n) is 16.2. The molecule has 1 saturated heterocycles. The molecule has 0 radical (unpaired) electrons. The first-order valence-electron chi connectivity index (χ1n) is 10.2. The normalized spacial score (nSPS) is 21.4. The number of piperidine rings is 1. The molecule has 4 rings (SSSR count). The molecule has 2 aromatic carbocycles. The lowest BCUT2D eigenvalue weighted by Gasteiger charge is -2.44. The Bertz CT molecular complexity index is 912. The van der Waals surface area contributed by atoms with Crippen molar-refractivity contribution in [1.82, 2.24) is 4.90 Å². The zero-order chi connectivity index (χ0) is 20.4. The number of carbonyl (C=O) groups excluding carboxylic acids is 2. The van der Waals surface area contributed by atoms with E-state index in [0.29, 0.717) is 38.8 Å². The number of likely N-dealkylation sites (tertiary alicyclic amines) is 1. The average molecular weight is 431 g/mol. The van der Waals surface area contributed by atoms with Gasteiger partial charge in [0.15, 0.2) is 0 Å². The lowest BCUT2D eigenvalue weighted by molar-refractivity contribution is 0.0390. The monoisotopic (exact) mass is 430 g/mol. The molecule has 0 unspecified atom stereocenters. The van der Waals surface area contributed by atoms with Crippen molar-refractivity contribution in [3.63, 3.8) is 0 Å². The van der Waals surface area contributed by atoms with Crippen molar-refractivity contribution < 1.29 is 9.59 Å². The Labute approximate surface area is 181 Å². The SMILES string of the molecule is O=C(Nc1ccc(C(=O)N2CCC[C@H]3CCCC[C@@H]32)cc1)c1ccc(Cl)cc1Cl. The molecule has 1 aliphatic heterocycles. The number of hydrogen-bond acceptors (Lipinski definition) is 2. The van der Waals surface area contributed by atoms with E-state index in [2.05, 4.69) is 10.2 Å². The summed E-state index contributed by atoms with van der Waals surface area (Å²) in [5, 5.41) is 3.60. The number of halogens is 2. The highest BCUT2D eigenvalue weighted by molar-refractivity contribution is 6.37. The first-order valence-corrected chi connectivity index (χ1v) is 11.0. The fraction of sp³-hybridized carbons (Fsp3) is 0.391. The van der Waals surface area contributed by atoms with Crippen molar-refractivity contribution in [2.75, 3.05) is 11.9 Å². The molecule has 6 heteroatoms. The molecule has 2 aliphatic rings. The van der Waals surface area contributed by atoms with Gasteiger partial charge in [-0.1, -0.05) is 36.0 Å². The summed E-state index contributed by atoms with van der Waals surface area (Å²) in [6, 6.07) is 12.2. The van der Waals surface area contributed by atoms with Crippen LogP contribution in [0.15, 0.2) is 42.5 Å². The summed E-state index contributed by atoms with van der Waals surface area (Å²) < 4.78 is 0. The van der Waals surface area contributed by atoms with E-state index in [4.69, 9.17) is 23.2 Å². The molecule has 4 nitrogen and oxygen atoms in total. The Hall–Kier alpha value is -2.04. The van der Waals surface area contributed by atoms with Crippen molar-refractivity contribution in [3.8, 4) is 0 Å². The second-order valence-electron chi connectivity index (χ2n) is 7.91. The summed E-state index contributed by atoms with van der Waals surface area (Å²) in [6.45, 7) is 0.841. The lowest BCUT2D eigenvalue weighted by atomic mass is 9.78. The molecular formula is C23H24Cl2N2O2. The van der Waals surface area contributed by atoms with Gasteiger partial charge in [-0.3, -0.25) is 9.59 Å². The van der Waals surface area contributed by atoms with Gasteiger partial charge in [0.25, 0.3) is 11.8 Å². The van der Waals surface area contributed by atoms with E-state index in [1.54, 1.807) is 36.4 Å². The minimum absolute atomic E-state index is 0.0974. The lowest BCUT2D eigenvalue weighted by Crippen LogP contribution is -2.49. The summed E-state index contributed by atoms with van der Waals surface area (Å²) in [6.07, 6.45) is 7.19. The van der Waals surface area contributed by atoms with Crippen LogP contribution in [0.1, 0.15) is 59.2 Å². The highest BCUT2D eigenvalue weighted by Gasteiger charge is 2.35. The quantitative estimate of drug-likeness (QED) is 0.644. The van der Waals surface area contributed by atoms with Gasteiger partial charge >= 0.3 is 0 Å². The molecule has 1 saturated carbocycles. The molecule has 2 amide bonds. The fourth-order valence-electron chi connectivity index (χ4n) is 4.61. The summed E-state index contributed by atoms with van der Waals surface area (Å²) >= 11 is 12.0. The Balaban J connectivity index is 1.44. The van der Waals surface area contributed by atoms with Gasteiger partial charge in [0.1, 0.15) is 0 Å². The van der Waals surface area contributed by atoms with Gasteiger partial charge in [0.05, 0.1) is 10.6 Å². The topological polar surface area (TPSA) is 49.4 Å². The molecule has 0 bridgehead atoms. The van der Waals surface area contributed by atoms with Crippen molar-refractivity contribution in [2.24, 2.45) is 5.92 Å². The largest absolute Gasteiger partial charge is 0.335 e. The molecule has 1 heterocycles. The Morgan fingerprint density at radius 2 is 1.66 bits per heavy atom. The van der Waals surface area contributed by atoms with Crippen LogP contribution in [-0.2, 0) is 0 Å². The third-order valence-electron chi connectivity index (χ3n) is 6.07. The van der Waals surface area contributed by atoms with Gasteiger partial charge in [-0.25, -0.2) is 0 Å². The summed E-state index contributed by atoms with van der Waals surface area (Å²) in [5.74, 6) is 0.441. The van der Waals surface area contributed by atoms with E-state index in [9.17, 15) is 9.59 Å². The number of rotatable bonds is 3. The molecule has 1 aliphatic carbocycles. The van der Waals surface area contributed by atoms with Crippen molar-refractivity contribution in [2.45, 2.75) is 44.6 Å². The van der Waals surface area contributed by atoms with Crippen LogP contribution in [-0.4, -0.2) is 29.3 Å². The number of anilines is 1. The highest BCUT2D eigenvalue weighted by Crippen LogP contribution is 2.36. The van der Waals surface area contributed by atoms with Gasteiger partial charge in [-0.15, -0.1) is 0 Å². The molecule has 2 aromatic rings. The molecule has 29 heavy (non-hydrogen) atoms.